The Morgan fingerprint density at radius 1 is 1.21 bits per heavy atom. The molecule has 0 aliphatic carbocycles. The number of rotatable bonds is 2. The van der Waals surface area contributed by atoms with Gasteiger partial charge in [-0.25, -0.2) is 0 Å². The van der Waals surface area contributed by atoms with Crippen molar-refractivity contribution < 1.29 is 4.42 Å². The Labute approximate surface area is 82.9 Å². The minimum absolute atomic E-state index is 0.770. The van der Waals surface area contributed by atoms with Crippen LogP contribution < -0.4 is 0 Å². The van der Waals surface area contributed by atoms with E-state index in [1.807, 2.05) is 43.3 Å². The van der Waals surface area contributed by atoms with Gasteiger partial charge in [0.05, 0.1) is 18.2 Å². The molecule has 70 valence electrons. The van der Waals surface area contributed by atoms with Crippen molar-refractivity contribution in [3.8, 4) is 0 Å². The van der Waals surface area contributed by atoms with Gasteiger partial charge in [-0.1, -0.05) is 12.1 Å². The third-order valence-corrected chi connectivity index (χ3v) is 1.89. The molecule has 0 spiro atoms. The van der Waals surface area contributed by atoms with Crippen LogP contribution in [0.2, 0.25) is 0 Å². The van der Waals surface area contributed by atoms with Gasteiger partial charge in [-0.05, 0) is 36.8 Å². The van der Waals surface area contributed by atoms with E-state index in [1.54, 1.807) is 12.5 Å². The van der Waals surface area contributed by atoms with Crippen LogP contribution >= 0.6 is 0 Å². The van der Waals surface area contributed by atoms with Crippen molar-refractivity contribution in [2.24, 2.45) is 4.99 Å². The number of hydrogen-bond donors (Lipinski definition) is 0. The van der Waals surface area contributed by atoms with Crippen LogP contribution in [0.1, 0.15) is 11.3 Å². The first-order chi connectivity index (χ1) is 6.84. The number of nitrogens with zero attached hydrogens (tertiary/aromatic N) is 1. The first-order valence-electron chi connectivity index (χ1n) is 4.49. The fourth-order valence-corrected chi connectivity index (χ4v) is 1.21. The number of aryl methyl sites for hydroxylation is 1. The van der Waals surface area contributed by atoms with Crippen molar-refractivity contribution in [2.45, 2.75) is 6.92 Å². The van der Waals surface area contributed by atoms with Crippen molar-refractivity contribution in [1.29, 1.82) is 0 Å². The van der Waals surface area contributed by atoms with E-state index < -0.39 is 0 Å². The lowest BCUT2D eigenvalue weighted by molar-refractivity contribution is 0.560. The predicted octanol–water partition coefficient (Wildman–Crippen LogP) is 3.34. The van der Waals surface area contributed by atoms with Gasteiger partial charge in [0.1, 0.15) is 5.76 Å². The van der Waals surface area contributed by atoms with Crippen LogP contribution in [-0.4, -0.2) is 6.21 Å². The maximum atomic E-state index is 5.14. The van der Waals surface area contributed by atoms with E-state index in [9.17, 15) is 0 Å². The fraction of sp³-hybridized carbons (Fsp3) is 0.0833. The fourth-order valence-electron chi connectivity index (χ4n) is 1.21. The lowest BCUT2D eigenvalue weighted by Crippen LogP contribution is -1.74. The average Bonchev–Trinajstić information content (AvgIpc) is 2.67. The normalized spacial score (nSPS) is 10.9. The molecule has 1 aromatic carbocycles. The monoisotopic (exact) mass is 185 g/mol. The molecule has 0 atom stereocenters. The predicted molar refractivity (Wildman–Crippen MR) is 57.1 cm³/mol. The molecule has 0 bridgehead atoms. The zero-order valence-electron chi connectivity index (χ0n) is 7.97. The van der Waals surface area contributed by atoms with E-state index in [0.29, 0.717) is 0 Å². The quantitative estimate of drug-likeness (QED) is 0.659. The second-order valence-corrected chi connectivity index (χ2v) is 3.11. The van der Waals surface area contributed by atoms with Crippen molar-refractivity contribution in [3.05, 3.63) is 54.0 Å². The van der Waals surface area contributed by atoms with Crippen LogP contribution in [0.5, 0.6) is 0 Å². The molecule has 2 aromatic rings. The van der Waals surface area contributed by atoms with Crippen LogP contribution in [0, 0.1) is 6.92 Å². The Morgan fingerprint density at radius 3 is 2.86 bits per heavy atom. The van der Waals surface area contributed by atoms with Gasteiger partial charge in [0, 0.05) is 0 Å². The highest BCUT2D eigenvalue weighted by molar-refractivity contribution is 5.78. The molecule has 1 aromatic heterocycles. The largest absolute Gasteiger partial charge is 0.463 e. The molecule has 2 heteroatoms. The molecule has 0 saturated carbocycles. The Kier molecular flexibility index (Phi) is 2.45. The van der Waals surface area contributed by atoms with E-state index in [0.717, 1.165) is 11.4 Å². The molecule has 0 saturated heterocycles. The molecular weight excluding hydrogens is 174 g/mol. The minimum Gasteiger partial charge on any atom is -0.463 e. The van der Waals surface area contributed by atoms with E-state index in [1.165, 1.54) is 5.56 Å². The standard InChI is InChI=1S/C12H11NO/c1-10-4-2-5-11(8-10)13-9-12-6-3-7-14-12/h2-9H,1H3/b13-9+. The molecule has 0 N–H and O–H groups in total. The molecule has 0 aliphatic rings. The molecule has 14 heavy (non-hydrogen) atoms. The lowest BCUT2D eigenvalue weighted by Gasteiger charge is -1.93. The number of furan rings is 1. The molecule has 2 nitrogen and oxygen atoms in total. The topological polar surface area (TPSA) is 25.5 Å². The van der Waals surface area contributed by atoms with Gasteiger partial charge >= 0.3 is 0 Å². The number of hydrogen-bond acceptors (Lipinski definition) is 2. The van der Waals surface area contributed by atoms with E-state index >= 15 is 0 Å². The summed E-state index contributed by atoms with van der Waals surface area (Å²) in [7, 11) is 0. The Balaban J connectivity index is 2.18. The summed E-state index contributed by atoms with van der Waals surface area (Å²) in [5.41, 5.74) is 2.15. The first-order valence-corrected chi connectivity index (χ1v) is 4.49. The van der Waals surface area contributed by atoms with Gasteiger partial charge in [0.15, 0.2) is 0 Å². The molecular formula is C12H11NO. The van der Waals surface area contributed by atoms with Crippen LogP contribution in [0.3, 0.4) is 0 Å². The van der Waals surface area contributed by atoms with Gasteiger partial charge < -0.3 is 4.42 Å². The van der Waals surface area contributed by atoms with Crippen LogP contribution in [0.25, 0.3) is 0 Å². The van der Waals surface area contributed by atoms with Gasteiger partial charge in [-0.3, -0.25) is 4.99 Å². The smallest absolute Gasteiger partial charge is 0.144 e. The van der Waals surface area contributed by atoms with Crippen molar-refractivity contribution in [2.75, 3.05) is 0 Å². The van der Waals surface area contributed by atoms with E-state index in [2.05, 4.69) is 4.99 Å². The van der Waals surface area contributed by atoms with Crippen molar-refractivity contribution in [3.63, 3.8) is 0 Å². The number of aliphatic imine (C=N–C) groups is 1. The van der Waals surface area contributed by atoms with Crippen LogP contribution in [0.15, 0.2) is 52.1 Å². The molecule has 0 amide bonds. The highest BCUT2D eigenvalue weighted by Crippen LogP contribution is 2.13. The second kappa shape index (κ2) is 3.92. The summed E-state index contributed by atoms with van der Waals surface area (Å²) < 4.78 is 5.14. The maximum absolute atomic E-state index is 5.14. The summed E-state index contributed by atoms with van der Waals surface area (Å²) in [5, 5.41) is 0. The zero-order chi connectivity index (χ0) is 9.80. The Bertz CT molecular complexity index is 429. The van der Waals surface area contributed by atoms with E-state index in [4.69, 9.17) is 4.42 Å². The minimum atomic E-state index is 0.770. The third-order valence-electron chi connectivity index (χ3n) is 1.89. The summed E-state index contributed by atoms with van der Waals surface area (Å²) in [6.45, 7) is 2.05. The van der Waals surface area contributed by atoms with Crippen molar-refractivity contribution >= 4 is 11.9 Å². The molecule has 2 rings (SSSR count). The molecule has 0 radical (unpaired) electrons. The van der Waals surface area contributed by atoms with Gasteiger partial charge in [0.2, 0.25) is 0 Å². The molecule has 0 fully saturated rings. The summed E-state index contributed by atoms with van der Waals surface area (Å²) >= 11 is 0. The Hall–Kier alpha value is -1.83. The highest BCUT2D eigenvalue weighted by atomic mass is 16.3. The molecule has 0 unspecified atom stereocenters. The summed E-state index contributed by atoms with van der Waals surface area (Å²) in [6, 6.07) is 11.7. The molecule has 0 aliphatic heterocycles. The third kappa shape index (κ3) is 2.10. The zero-order valence-corrected chi connectivity index (χ0v) is 7.97. The van der Waals surface area contributed by atoms with Gasteiger partial charge in [-0.15, -0.1) is 0 Å². The molecule has 1 heterocycles. The summed E-state index contributed by atoms with van der Waals surface area (Å²) in [4.78, 5) is 4.29. The van der Waals surface area contributed by atoms with Crippen molar-refractivity contribution in [1.82, 2.24) is 0 Å². The van der Waals surface area contributed by atoms with Gasteiger partial charge in [0.25, 0.3) is 0 Å². The van der Waals surface area contributed by atoms with Gasteiger partial charge in [-0.2, -0.15) is 0 Å². The Morgan fingerprint density at radius 2 is 2.14 bits per heavy atom. The highest BCUT2D eigenvalue weighted by Gasteiger charge is 1.90. The maximum Gasteiger partial charge on any atom is 0.144 e. The van der Waals surface area contributed by atoms with E-state index in [-0.39, 0.29) is 0 Å². The SMILES string of the molecule is Cc1cccc(/N=C/c2ccco2)c1. The average molecular weight is 185 g/mol. The number of benzene rings is 1. The van der Waals surface area contributed by atoms with Crippen LogP contribution in [-0.2, 0) is 0 Å². The second-order valence-electron chi connectivity index (χ2n) is 3.11. The first kappa shape index (κ1) is 8.75. The van der Waals surface area contributed by atoms with Crippen LogP contribution in [0.4, 0.5) is 5.69 Å². The lowest BCUT2D eigenvalue weighted by atomic mass is 10.2. The summed E-state index contributed by atoms with van der Waals surface area (Å²) in [5.74, 6) is 0.770. The summed E-state index contributed by atoms with van der Waals surface area (Å²) in [6.07, 6.45) is 3.35.